The summed E-state index contributed by atoms with van der Waals surface area (Å²) in [5.41, 5.74) is 2.67. The van der Waals surface area contributed by atoms with Gasteiger partial charge in [-0.1, -0.05) is 90.4 Å². The van der Waals surface area contributed by atoms with Crippen molar-refractivity contribution in [1.29, 1.82) is 0 Å². The zero-order valence-electron chi connectivity index (χ0n) is 13.1. The van der Waals surface area contributed by atoms with E-state index in [0.29, 0.717) is 0 Å². The van der Waals surface area contributed by atoms with Gasteiger partial charge in [0.2, 0.25) is 0 Å². The topological polar surface area (TPSA) is 47.3 Å². The molecule has 0 saturated heterocycles. The number of nitrogens with one attached hydrogen (secondary N) is 1. The summed E-state index contributed by atoms with van der Waals surface area (Å²) in [7, 11) is 0. The Morgan fingerprint density at radius 3 is 1.37 bits per heavy atom. The first-order valence-electron chi connectivity index (χ1n) is 8.50. The number of hydrogen-bond acceptors (Lipinski definition) is 3. The van der Waals surface area contributed by atoms with Gasteiger partial charge in [0, 0.05) is 6.54 Å². The smallest absolute Gasteiger partial charge is 0.0228 e. The molecule has 0 unspecified atom stereocenters. The van der Waals surface area contributed by atoms with Crippen molar-refractivity contribution in [3.63, 3.8) is 0 Å². The predicted octanol–water partition coefficient (Wildman–Crippen LogP) is 4.86. The highest BCUT2D eigenvalue weighted by Gasteiger charge is 1.93. The average molecular weight is 272 g/mol. The van der Waals surface area contributed by atoms with Gasteiger partial charge in [0.05, 0.1) is 0 Å². The van der Waals surface area contributed by atoms with Crippen LogP contribution in [0.5, 0.6) is 0 Å². The third-order valence-electron chi connectivity index (χ3n) is 3.72. The van der Waals surface area contributed by atoms with Crippen molar-refractivity contribution in [3.05, 3.63) is 0 Å². The Labute approximate surface area is 120 Å². The highest BCUT2D eigenvalue weighted by Crippen LogP contribution is 2.12. The summed E-state index contributed by atoms with van der Waals surface area (Å²) in [5, 5.41) is 0. The SMILES string of the molecule is CCCCCCCCCCCCCCCCNON. The van der Waals surface area contributed by atoms with Crippen molar-refractivity contribution < 1.29 is 4.94 Å². The van der Waals surface area contributed by atoms with Gasteiger partial charge in [0.1, 0.15) is 0 Å². The van der Waals surface area contributed by atoms with Crippen LogP contribution in [0.2, 0.25) is 0 Å². The van der Waals surface area contributed by atoms with Gasteiger partial charge in [-0.2, -0.15) is 11.4 Å². The van der Waals surface area contributed by atoms with Crippen molar-refractivity contribution in [3.8, 4) is 0 Å². The molecule has 19 heavy (non-hydrogen) atoms. The van der Waals surface area contributed by atoms with Gasteiger partial charge in [0.25, 0.3) is 0 Å². The van der Waals surface area contributed by atoms with E-state index in [1.165, 1.54) is 83.5 Å². The van der Waals surface area contributed by atoms with Gasteiger partial charge in [-0.15, -0.1) is 0 Å². The normalized spacial score (nSPS) is 11.1. The molecule has 0 aromatic carbocycles. The number of unbranched alkanes of at least 4 members (excludes halogenated alkanes) is 13. The lowest BCUT2D eigenvalue weighted by molar-refractivity contribution is 0.0400. The number of rotatable bonds is 16. The molecule has 0 spiro atoms. The third kappa shape index (κ3) is 17.9. The van der Waals surface area contributed by atoms with Crippen LogP contribution in [0.4, 0.5) is 0 Å². The van der Waals surface area contributed by atoms with Crippen LogP contribution in [0, 0.1) is 0 Å². The zero-order chi connectivity index (χ0) is 14.0. The molecule has 0 amide bonds. The Balaban J connectivity index is 2.88. The molecule has 3 nitrogen and oxygen atoms in total. The number of nitrogens with two attached hydrogens (primary N) is 1. The molecule has 0 fully saturated rings. The molecule has 3 N–H and O–H groups in total. The van der Waals surface area contributed by atoms with Crippen LogP contribution >= 0.6 is 0 Å². The number of hydroxylamine groups is 1. The maximum Gasteiger partial charge on any atom is 0.0228 e. The van der Waals surface area contributed by atoms with Crippen LogP contribution in [-0.4, -0.2) is 6.54 Å². The minimum Gasteiger partial charge on any atom is -0.217 e. The lowest BCUT2D eigenvalue weighted by atomic mass is 10.0. The molecule has 0 saturated carbocycles. The first-order chi connectivity index (χ1) is 9.41. The summed E-state index contributed by atoms with van der Waals surface area (Å²) in [6, 6.07) is 0. The highest BCUT2D eigenvalue weighted by molar-refractivity contribution is 4.49. The summed E-state index contributed by atoms with van der Waals surface area (Å²) in [5.74, 6) is 4.87. The fourth-order valence-electron chi connectivity index (χ4n) is 2.45. The first-order valence-corrected chi connectivity index (χ1v) is 8.50. The molecule has 0 aromatic rings. The molecule has 0 rings (SSSR count). The van der Waals surface area contributed by atoms with E-state index in [2.05, 4.69) is 17.3 Å². The second-order valence-corrected chi connectivity index (χ2v) is 5.61. The van der Waals surface area contributed by atoms with Gasteiger partial charge < -0.3 is 0 Å². The van der Waals surface area contributed by atoms with Crippen LogP contribution < -0.4 is 11.4 Å². The van der Waals surface area contributed by atoms with Crippen LogP contribution in [0.1, 0.15) is 96.8 Å². The Morgan fingerprint density at radius 2 is 1.00 bits per heavy atom. The molecule has 0 bridgehead atoms. The first kappa shape index (κ1) is 18.9. The lowest BCUT2D eigenvalue weighted by Gasteiger charge is -2.03. The van der Waals surface area contributed by atoms with E-state index in [1.807, 2.05) is 0 Å². The van der Waals surface area contributed by atoms with E-state index in [-0.39, 0.29) is 0 Å². The maximum atomic E-state index is 4.87. The third-order valence-corrected chi connectivity index (χ3v) is 3.72. The molecule has 0 radical (unpaired) electrons. The molecule has 0 aliphatic carbocycles. The second kappa shape index (κ2) is 17.9. The van der Waals surface area contributed by atoms with Crippen LogP contribution in [-0.2, 0) is 4.94 Å². The second-order valence-electron chi connectivity index (χ2n) is 5.61. The maximum absolute atomic E-state index is 4.87. The Bertz CT molecular complexity index is 138. The summed E-state index contributed by atoms with van der Waals surface area (Å²) < 4.78 is 0. The van der Waals surface area contributed by atoms with Crippen molar-refractivity contribution in [2.24, 2.45) is 5.90 Å². The zero-order valence-corrected chi connectivity index (χ0v) is 13.1. The summed E-state index contributed by atoms with van der Waals surface area (Å²) in [6.45, 7) is 3.15. The summed E-state index contributed by atoms with van der Waals surface area (Å²) in [4.78, 5) is 4.31. The van der Waals surface area contributed by atoms with Crippen molar-refractivity contribution in [2.45, 2.75) is 96.8 Å². The van der Waals surface area contributed by atoms with E-state index < -0.39 is 0 Å². The fraction of sp³-hybridized carbons (Fsp3) is 1.00. The van der Waals surface area contributed by atoms with E-state index in [4.69, 9.17) is 5.90 Å². The van der Waals surface area contributed by atoms with Crippen LogP contribution in [0.15, 0.2) is 0 Å². The highest BCUT2D eigenvalue weighted by atomic mass is 16.8. The van der Waals surface area contributed by atoms with Crippen LogP contribution in [0.25, 0.3) is 0 Å². The van der Waals surface area contributed by atoms with Gasteiger partial charge in [0.15, 0.2) is 0 Å². The van der Waals surface area contributed by atoms with Gasteiger partial charge in [-0.3, -0.25) is 0 Å². The standard InChI is InChI=1S/C16H36N2O/c1-2-3-4-5-6-7-8-9-10-11-12-13-14-15-16-18-19-17/h18H,2-17H2,1H3. The molecule has 0 heterocycles. The Hall–Kier alpha value is -0.120. The quantitative estimate of drug-likeness (QED) is 0.311. The van der Waals surface area contributed by atoms with Gasteiger partial charge in [-0.05, 0) is 6.42 Å². The lowest BCUT2D eigenvalue weighted by Crippen LogP contribution is -2.19. The Morgan fingerprint density at radius 1 is 0.632 bits per heavy atom. The largest absolute Gasteiger partial charge is 0.217 e. The number of hydrogen-bond donors (Lipinski definition) is 2. The van der Waals surface area contributed by atoms with Crippen molar-refractivity contribution >= 4 is 0 Å². The van der Waals surface area contributed by atoms with Gasteiger partial charge in [-0.25, -0.2) is 4.94 Å². The molecule has 0 aromatic heterocycles. The summed E-state index contributed by atoms with van der Waals surface area (Å²) >= 11 is 0. The molecule has 0 aliphatic heterocycles. The molecule has 116 valence electrons. The molecule has 3 heteroatoms. The molecular formula is C16H36N2O. The molecular weight excluding hydrogens is 236 g/mol. The predicted molar refractivity (Wildman–Crippen MR) is 83.6 cm³/mol. The molecule has 0 atom stereocenters. The minimum atomic E-state index is 0.870. The monoisotopic (exact) mass is 272 g/mol. The van der Waals surface area contributed by atoms with Crippen molar-refractivity contribution in [1.82, 2.24) is 5.48 Å². The summed E-state index contributed by atoms with van der Waals surface area (Å²) in [6.07, 6.45) is 19.5. The van der Waals surface area contributed by atoms with E-state index in [9.17, 15) is 0 Å². The fourth-order valence-corrected chi connectivity index (χ4v) is 2.45. The van der Waals surface area contributed by atoms with Crippen LogP contribution in [0.3, 0.4) is 0 Å². The van der Waals surface area contributed by atoms with E-state index in [0.717, 1.165) is 13.0 Å². The Kier molecular flexibility index (Phi) is 17.8. The van der Waals surface area contributed by atoms with Crippen molar-refractivity contribution in [2.75, 3.05) is 6.54 Å². The minimum absolute atomic E-state index is 0.870. The van der Waals surface area contributed by atoms with Gasteiger partial charge >= 0.3 is 0 Å². The van der Waals surface area contributed by atoms with E-state index >= 15 is 0 Å². The van der Waals surface area contributed by atoms with E-state index in [1.54, 1.807) is 0 Å². The average Bonchev–Trinajstić information content (AvgIpc) is 2.43. The molecule has 0 aliphatic rings.